The first kappa shape index (κ1) is 82.5. The molecule has 4 aromatic heterocycles. The third-order valence-corrected chi connectivity index (χ3v) is 22.5. The van der Waals surface area contributed by atoms with Gasteiger partial charge in [-0.15, -0.1) is 33.7 Å². The SMILES string of the molecule is CN1C=CN(c2[c-]ccc3c2oc2ccccc23)[CH-]1.CN1C=CN(c2[c-]ccc3c2sc2ccccc23)[CH-]1.CN1C=CN(c2[c-]ccc3c4ccccc4n(-c4ccccc4)c23)[CH-]1.CN1[CH-]N(c2[c-]cc3c(c2)C(C)(C)c2ccccc2-3)c2ccccc21.CN1[CH-]N(c2[c-]ccc3c2oc2ccccc23)c2ccccc21.[Ir].[Ir].[Ir].[Ir].[Ir]. The number of anilines is 9. The number of rotatable bonds is 6. The van der Waals surface area contributed by atoms with E-state index in [2.05, 4.69) is 325 Å². The molecule has 116 heavy (non-hydrogen) atoms. The number of para-hydroxylation sites is 8. The van der Waals surface area contributed by atoms with Crippen molar-refractivity contribution in [3.63, 3.8) is 0 Å². The predicted molar refractivity (Wildman–Crippen MR) is 459 cm³/mol. The summed E-state index contributed by atoms with van der Waals surface area (Å²) in [5.74, 6) is 0. The van der Waals surface area contributed by atoms with Crippen LogP contribution in [0.25, 0.3) is 103 Å². The van der Waals surface area contributed by atoms with Crippen molar-refractivity contribution in [1.29, 1.82) is 0 Å². The van der Waals surface area contributed by atoms with Crippen LogP contribution in [-0.4, -0.2) is 54.5 Å². The van der Waals surface area contributed by atoms with Crippen molar-refractivity contribution in [2.24, 2.45) is 0 Å². The first-order chi connectivity index (χ1) is 54.4. The summed E-state index contributed by atoms with van der Waals surface area (Å²) < 4.78 is 17.1. The van der Waals surface area contributed by atoms with Gasteiger partial charge in [0.2, 0.25) is 0 Å². The minimum atomic E-state index is 0. The molecule has 17 aromatic rings. The van der Waals surface area contributed by atoms with Crippen LogP contribution in [0, 0.1) is 63.7 Å². The normalized spacial score (nSPS) is 14.3. The minimum Gasteiger partial charge on any atom is -0.514 e. The Morgan fingerprint density at radius 3 is 1.42 bits per heavy atom. The Morgan fingerprint density at radius 2 is 0.810 bits per heavy atom. The Kier molecular flexibility index (Phi) is 24.6. The van der Waals surface area contributed by atoms with Crippen LogP contribution in [-0.2, 0) is 106 Å². The zero-order chi connectivity index (χ0) is 75.0. The summed E-state index contributed by atoms with van der Waals surface area (Å²) in [6.45, 7) is 15.0. The minimum absolute atomic E-state index is 0. The molecule has 0 unspecified atom stereocenters. The summed E-state index contributed by atoms with van der Waals surface area (Å²) in [6.07, 6.45) is 12.2. The monoisotopic (exact) mass is 2420 g/mol. The zero-order valence-electron chi connectivity index (χ0n) is 64.0. The molecule has 13 nitrogen and oxygen atoms in total. The van der Waals surface area contributed by atoms with E-state index in [0.717, 1.165) is 83.7 Å². The van der Waals surface area contributed by atoms with Gasteiger partial charge in [-0.3, -0.25) is 0 Å². The Morgan fingerprint density at radius 1 is 0.353 bits per heavy atom. The summed E-state index contributed by atoms with van der Waals surface area (Å²) in [4.78, 5) is 21.0. The summed E-state index contributed by atoms with van der Waals surface area (Å²) in [6, 6.07) is 107. The average molecular weight is 2420 g/mol. The Hall–Kier alpha value is -10.1. The molecular formula is C97H75Ir5N11O2S-10. The van der Waals surface area contributed by atoms with E-state index < -0.39 is 0 Å². The van der Waals surface area contributed by atoms with E-state index in [1.807, 2.05) is 150 Å². The summed E-state index contributed by atoms with van der Waals surface area (Å²) in [5.41, 5.74) is 22.4. The number of nitrogens with zero attached hydrogens (tertiary/aromatic N) is 11. The third kappa shape index (κ3) is 15.0. The van der Waals surface area contributed by atoms with Crippen LogP contribution in [0.3, 0.4) is 0 Å². The second-order valence-corrected chi connectivity index (χ2v) is 29.8. The van der Waals surface area contributed by atoms with Gasteiger partial charge in [0.25, 0.3) is 0 Å². The summed E-state index contributed by atoms with van der Waals surface area (Å²) in [5, 5.41) is 9.66. The van der Waals surface area contributed by atoms with Crippen LogP contribution in [0.2, 0.25) is 0 Å². The van der Waals surface area contributed by atoms with Crippen molar-refractivity contribution in [3.8, 4) is 16.8 Å². The molecule has 0 spiro atoms. The molecule has 0 N–H and O–H groups in total. The average Bonchev–Trinajstić information content (AvgIpc) is 1.58. The fourth-order valence-electron chi connectivity index (χ4n) is 16.0. The van der Waals surface area contributed by atoms with E-state index in [1.165, 1.54) is 81.3 Å². The number of fused-ring (bicyclic) bond motifs is 17. The van der Waals surface area contributed by atoms with E-state index in [4.69, 9.17) is 8.83 Å². The van der Waals surface area contributed by atoms with E-state index in [0.29, 0.717) is 0 Å². The quantitative estimate of drug-likeness (QED) is 0.149. The van der Waals surface area contributed by atoms with Crippen molar-refractivity contribution < 1.29 is 109 Å². The largest absolute Gasteiger partial charge is 0.514 e. The molecule has 9 heterocycles. The van der Waals surface area contributed by atoms with Crippen LogP contribution < -0.4 is 34.3 Å². The predicted octanol–water partition coefficient (Wildman–Crippen LogP) is 23.4. The van der Waals surface area contributed by atoms with E-state index in [1.54, 1.807) is 0 Å². The van der Waals surface area contributed by atoms with Gasteiger partial charge in [-0.2, -0.15) is 118 Å². The first-order valence-electron chi connectivity index (χ1n) is 37.0. The molecule has 5 aliphatic heterocycles. The van der Waals surface area contributed by atoms with Gasteiger partial charge in [0.1, 0.15) is 11.2 Å². The number of furan rings is 2. The summed E-state index contributed by atoms with van der Waals surface area (Å²) in [7, 11) is 10.2. The number of hydrogen-bond donors (Lipinski definition) is 0. The van der Waals surface area contributed by atoms with Gasteiger partial charge >= 0.3 is 0 Å². The fraction of sp³-hybridized carbons (Fsp3) is 0.0825. The van der Waals surface area contributed by atoms with E-state index in [-0.39, 0.29) is 106 Å². The Labute approximate surface area is 748 Å². The summed E-state index contributed by atoms with van der Waals surface area (Å²) >= 11 is 1.83. The van der Waals surface area contributed by atoms with Gasteiger partial charge < -0.3 is 62.4 Å². The van der Waals surface area contributed by atoms with Crippen molar-refractivity contribution in [2.45, 2.75) is 19.3 Å². The molecule has 13 aromatic carbocycles. The maximum Gasteiger partial charge on any atom is 0.116 e. The molecule has 0 fully saturated rings. The molecule has 5 radical (unpaired) electrons. The molecule has 23 rings (SSSR count). The van der Waals surface area contributed by atoms with Gasteiger partial charge in [-0.05, 0) is 160 Å². The molecule has 0 bridgehead atoms. The third-order valence-electron chi connectivity index (χ3n) is 21.3. The van der Waals surface area contributed by atoms with Gasteiger partial charge in [0, 0.05) is 161 Å². The van der Waals surface area contributed by atoms with Crippen LogP contribution in [0.4, 0.5) is 51.2 Å². The molecular weight excluding hydrogens is 2340 g/mol. The van der Waals surface area contributed by atoms with Gasteiger partial charge in [0.15, 0.2) is 0 Å². The first-order valence-corrected chi connectivity index (χ1v) is 37.8. The Balaban J connectivity index is 0.000000119. The molecule has 0 saturated carbocycles. The Bertz CT molecular complexity index is 6400. The van der Waals surface area contributed by atoms with E-state index in [9.17, 15) is 0 Å². The van der Waals surface area contributed by atoms with Crippen molar-refractivity contribution >= 4 is 148 Å². The van der Waals surface area contributed by atoms with Gasteiger partial charge in [0.05, 0.1) is 0 Å². The fourth-order valence-corrected chi connectivity index (χ4v) is 17.2. The van der Waals surface area contributed by atoms with E-state index >= 15 is 0 Å². The standard InChI is InChI=1S/C23H20N2.C22H17N3.C20H14N2O.C16H12N2O.C16H12N2S.5Ir/c1-23(2)19-9-5-4-8-17(19)18-13-12-16(14-20(18)23)25-15-24(3)21-10-6-7-11-22(21)25;1-23-14-15-24(16-23)21-13-7-11-19-18-10-5-6-12-20(18)25(22(19)21)17-8-3-2-4-9-17;1-21-13-22(17-10-4-3-9-16(17)21)18-11-6-8-15-14-7-2-5-12-19(14)23-20(15)18;2*1-17-9-10-18(11-17)14-7-4-6-13-12-5-2-3-8-15(12)19-16(13)14;;;;;/h4-11,13-15H,1-3H3;2-12,14-16H,1H3;2-10,12-13H,1H3;2*2-6,8-11H,1H3;;;;;/q5*-2;;;;;. The van der Waals surface area contributed by atoms with Crippen LogP contribution in [0.5, 0.6) is 0 Å². The molecule has 591 valence electrons. The number of hydrogen-bond acceptors (Lipinski definition) is 13. The van der Waals surface area contributed by atoms with Crippen molar-refractivity contribution in [2.75, 3.05) is 69.5 Å². The van der Waals surface area contributed by atoms with Crippen molar-refractivity contribution in [3.05, 3.63) is 373 Å². The number of thiophene rings is 1. The molecule has 0 saturated heterocycles. The smallest absolute Gasteiger partial charge is 0.116 e. The van der Waals surface area contributed by atoms with Crippen molar-refractivity contribution in [1.82, 2.24) is 19.3 Å². The molecule has 0 atom stereocenters. The maximum absolute atomic E-state index is 6.13. The van der Waals surface area contributed by atoms with Gasteiger partial charge in [-0.1, -0.05) is 197 Å². The maximum atomic E-state index is 6.13. The van der Waals surface area contributed by atoms with Crippen LogP contribution >= 0.6 is 11.3 Å². The molecule has 6 aliphatic rings. The second-order valence-electron chi connectivity index (χ2n) is 28.7. The molecule has 0 amide bonds. The topological polar surface area (TPSA) is 63.6 Å². The zero-order valence-corrected chi connectivity index (χ0v) is 76.8. The van der Waals surface area contributed by atoms with Crippen LogP contribution in [0.15, 0.2) is 307 Å². The molecule has 1 aliphatic carbocycles. The second kappa shape index (κ2) is 34.6. The molecule has 19 heteroatoms. The number of aromatic nitrogens is 1. The van der Waals surface area contributed by atoms with Crippen LogP contribution in [0.1, 0.15) is 25.0 Å². The number of benzene rings is 13. The van der Waals surface area contributed by atoms with Gasteiger partial charge in [-0.25, -0.2) is 11.3 Å².